The van der Waals surface area contributed by atoms with E-state index in [9.17, 15) is 9.59 Å². The van der Waals surface area contributed by atoms with Crippen molar-refractivity contribution in [3.63, 3.8) is 0 Å². The summed E-state index contributed by atoms with van der Waals surface area (Å²) in [6.07, 6.45) is 2.11. The number of hydrogen-bond donors (Lipinski definition) is 3. The van der Waals surface area contributed by atoms with Gasteiger partial charge in [0.15, 0.2) is 0 Å². The zero-order valence-electron chi connectivity index (χ0n) is 9.19. The molecule has 0 saturated carbocycles. The second-order valence-electron chi connectivity index (χ2n) is 3.74. The number of pyridine rings is 1. The number of carbonyl (C=O) groups is 1. The fourth-order valence-corrected chi connectivity index (χ4v) is 1.28. The maximum absolute atomic E-state index is 11.6. The number of aliphatic hydroxyl groups excluding tert-OH is 1. The third-order valence-corrected chi connectivity index (χ3v) is 2.30. The highest BCUT2D eigenvalue weighted by atomic mass is 16.3. The Kier molecular flexibility index (Phi) is 4.72. The molecule has 0 radical (unpaired) electrons. The summed E-state index contributed by atoms with van der Waals surface area (Å²) in [5, 5.41) is 11.3. The Hall–Kier alpha value is -1.62. The predicted octanol–water partition coefficient (Wildman–Crippen LogP) is 0.123. The first kappa shape index (κ1) is 12.4. The first-order valence-electron chi connectivity index (χ1n) is 5.22. The number of aromatic amines is 1. The van der Waals surface area contributed by atoms with E-state index in [1.807, 2.05) is 6.92 Å². The summed E-state index contributed by atoms with van der Waals surface area (Å²) in [5.41, 5.74) is -0.284. The minimum atomic E-state index is -0.394. The fourth-order valence-electron chi connectivity index (χ4n) is 1.28. The van der Waals surface area contributed by atoms with Gasteiger partial charge in [-0.2, -0.15) is 0 Å². The van der Waals surface area contributed by atoms with E-state index in [4.69, 9.17) is 5.11 Å². The molecule has 0 bridgehead atoms. The highest BCUT2D eigenvalue weighted by Gasteiger charge is 2.10. The van der Waals surface area contributed by atoms with Gasteiger partial charge in [0.25, 0.3) is 11.5 Å². The van der Waals surface area contributed by atoms with Crippen LogP contribution in [0.2, 0.25) is 0 Å². The Morgan fingerprint density at radius 3 is 3.00 bits per heavy atom. The van der Waals surface area contributed by atoms with Crippen LogP contribution in [-0.4, -0.2) is 29.1 Å². The van der Waals surface area contributed by atoms with E-state index in [0.29, 0.717) is 13.0 Å². The van der Waals surface area contributed by atoms with E-state index in [1.165, 1.54) is 12.3 Å². The normalized spacial score (nSPS) is 12.1. The zero-order valence-corrected chi connectivity index (χ0v) is 9.19. The van der Waals surface area contributed by atoms with E-state index in [0.717, 1.165) is 0 Å². The SMILES string of the molecule is CC(CCO)CNC(=O)c1ccc[nH]c1=O. The maximum Gasteiger partial charge on any atom is 0.260 e. The number of aromatic nitrogens is 1. The minimum Gasteiger partial charge on any atom is -0.396 e. The molecule has 1 rings (SSSR count). The molecule has 0 aliphatic heterocycles. The van der Waals surface area contributed by atoms with Gasteiger partial charge in [0, 0.05) is 19.3 Å². The molecule has 0 aliphatic rings. The summed E-state index contributed by atoms with van der Waals surface area (Å²) in [7, 11) is 0. The average Bonchev–Trinajstić information content (AvgIpc) is 2.27. The number of hydrogen-bond acceptors (Lipinski definition) is 3. The summed E-state index contributed by atoms with van der Waals surface area (Å²) in [6, 6.07) is 3.08. The molecule has 88 valence electrons. The van der Waals surface area contributed by atoms with Gasteiger partial charge in [-0.1, -0.05) is 6.92 Å². The summed E-state index contributed by atoms with van der Waals surface area (Å²) >= 11 is 0. The van der Waals surface area contributed by atoms with Crippen molar-refractivity contribution >= 4 is 5.91 Å². The first-order chi connectivity index (χ1) is 7.65. The van der Waals surface area contributed by atoms with E-state index in [2.05, 4.69) is 10.3 Å². The number of H-pyrrole nitrogens is 1. The molecule has 5 nitrogen and oxygen atoms in total. The Bertz CT molecular complexity index is 400. The monoisotopic (exact) mass is 224 g/mol. The number of aliphatic hydroxyl groups is 1. The van der Waals surface area contributed by atoms with Crippen LogP contribution in [0.25, 0.3) is 0 Å². The van der Waals surface area contributed by atoms with Crippen LogP contribution in [0.1, 0.15) is 23.7 Å². The molecule has 1 amide bonds. The molecule has 1 atom stereocenters. The van der Waals surface area contributed by atoms with Gasteiger partial charge in [0.2, 0.25) is 0 Å². The molecule has 1 heterocycles. The van der Waals surface area contributed by atoms with Crippen molar-refractivity contribution in [3.05, 3.63) is 34.2 Å². The van der Waals surface area contributed by atoms with E-state index in [1.54, 1.807) is 6.07 Å². The van der Waals surface area contributed by atoms with E-state index < -0.39 is 5.56 Å². The van der Waals surface area contributed by atoms with Crippen LogP contribution in [0.15, 0.2) is 23.1 Å². The molecule has 1 unspecified atom stereocenters. The predicted molar refractivity (Wildman–Crippen MR) is 60.3 cm³/mol. The molecule has 16 heavy (non-hydrogen) atoms. The van der Waals surface area contributed by atoms with Crippen LogP contribution in [0.4, 0.5) is 0 Å². The third kappa shape index (κ3) is 3.51. The second kappa shape index (κ2) is 6.07. The van der Waals surface area contributed by atoms with Gasteiger partial charge in [-0.25, -0.2) is 0 Å². The van der Waals surface area contributed by atoms with Crippen molar-refractivity contribution in [3.8, 4) is 0 Å². The van der Waals surface area contributed by atoms with Crippen LogP contribution in [0, 0.1) is 5.92 Å². The highest BCUT2D eigenvalue weighted by Crippen LogP contribution is 1.98. The maximum atomic E-state index is 11.6. The van der Waals surface area contributed by atoms with Gasteiger partial charge < -0.3 is 15.4 Å². The molecule has 1 aromatic rings. The van der Waals surface area contributed by atoms with Crippen molar-refractivity contribution in [2.75, 3.05) is 13.2 Å². The summed E-state index contributed by atoms with van der Waals surface area (Å²) in [5.74, 6) is -0.191. The smallest absolute Gasteiger partial charge is 0.260 e. The molecule has 0 aromatic carbocycles. The van der Waals surface area contributed by atoms with Crippen LogP contribution in [0.5, 0.6) is 0 Å². The lowest BCUT2D eigenvalue weighted by molar-refractivity contribution is 0.0944. The third-order valence-electron chi connectivity index (χ3n) is 2.30. The zero-order chi connectivity index (χ0) is 12.0. The summed E-state index contributed by atoms with van der Waals surface area (Å²) < 4.78 is 0. The van der Waals surface area contributed by atoms with Crippen molar-refractivity contribution in [1.29, 1.82) is 0 Å². The lowest BCUT2D eigenvalue weighted by Gasteiger charge is -2.10. The first-order valence-corrected chi connectivity index (χ1v) is 5.22. The summed E-state index contributed by atoms with van der Waals surface area (Å²) in [6.45, 7) is 2.47. The van der Waals surface area contributed by atoms with E-state index in [-0.39, 0.29) is 24.0 Å². The number of carbonyl (C=O) groups excluding carboxylic acids is 1. The van der Waals surface area contributed by atoms with Crippen LogP contribution in [-0.2, 0) is 0 Å². The largest absolute Gasteiger partial charge is 0.396 e. The van der Waals surface area contributed by atoms with Gasteiger partial charge >= 0.3 is 0 Å². The van der Waals surface area contributed by atoms with E-state index >= 15 is 0 Å². The van der Waals surface area contributed by atoms with Gasteiger partial charge in [-0.3, -0.25) is 9.59 Å². The van der Waals surface area contributed by atoms with Crippen molar-refractivity contribution in [2.45, 2.75) is 13.3 Å². The van der Waals surface area contributed by atoms with Crippen molar-refractivity contribution < 1.29 is 9.90 Å². The van der Waals surface area contributed by atoms with Crippen LogP contribution in [0.3, 0.4) is 0 Å². The van der Waals surface area contributed by atoms with Gasteiger partial charge in [-0.05, 0) is 24.5 Å². The second-order valence-corrected chi connectivity index (χ2v) is 3.74. The average molecular weight is 224 g/mol. The Labute approximate surface area is 93.5 Å². The Morgan fingerprint density at radius 1 is 1.62 bits per heavy atom. The fraction of sp³-hybridized carbons (Fsp3) is 0.455. The number of amides is 1. The quantitative estimate of drug-likeness (QED) is 0.664. The molecular formula is C11H16N2O3. The van der Waals surface area contributed by atoms with Gasteiger partial charge in [-0.15, -0.1) is 0 Å². The minimum absolute atomic E-state index is 0.100. The molecular weight excluding hydrogens is 208 g/mol. The van der Waals surface area contributed by atoms with Gasteiger partial charge in [0.05, 0.1) is 0 Å². The molecule has 3 N–H and O–H groups in total. The molecule has 5 heteroatoms. The molecule has 0 saturated heterocycles. The van der Waals surface area contributed by atoms with Crippen LogP contribution >= 0.6 is 0 Å². The van der Waals surface area contributed by atoms with Crippen molar-refractivity contribution in [2.24, 2.45) is 5.92 Å². The molecule has 0 fully saturated rings. The molecule has 0 spiro atoms. The summed E-state index contributed by atoms with van der Waals surface area (Å²) in [4.78, 5) is 25.3. The number of nitrogens with one attached hydrogen (secondary N) is 2. The topological polar surface area (TPSA) is 82.2 Å². The van der Waals surface area contributed by atoms with Crippen molar-refractivity contribution in [1.82, 2.24) is 10.3 Å². The van der Waals surface area contributed by atoms with Crippen LogP contribution < -0.4 is 10.9 Å². The standard InChI is InChI=1S/C11H16N2O3/c1-8(4-6-14)7-13-11(16)9-3-2-5-12-10(9)15/h2-3,5,8,14H,4,6-7H2,1H3,(H,12,15)(H,13,16). The molecule has 0 aliphatic carbocycles. The Morgan fingerprint density at radius 2 is 2.38 bits per heavy atom. The highest BCUT2D eigenvalue weighted by molar-refractivity contribution is 5.93. The molecule has 1 aromatic heterocycles. The number of rotatable bonds is 5. The lowest BCUT2D eigenvalue weighted by atomic mass is 10.1. The lowest BCUT2D eigenvalue weighted by Crippen LogP contribution is -2.32. The van der Waals surface area contributed by atoms with Gasteiger partial charge in [0.1, 0.15) is 5.56 Å². The Balaban J connectivity index is 2.54.